The van der Waals surface area contributed by atoms with E-state index in [1.165, 1.54) is 42.1 Å². The van der Waals surface area contributed by atoms with Crippen molar-refractivity contribution in [3.05, 3.63) is 116 Å². The highest BCUT2D eigenvalue weighted by Gasteiger charge is 2.20. The number of ketones is 1. The van der Waals surface area contributed by atoms with E-state index in [0.29, 0.717) is 33.6 Å². The summed E-state index contributed by atoms with van der Waals surface area (Å²) in [4.78, 5) is 57.2. The first-order valence-corrected chi connectivity index (χ1v) is 14.3. The smallest absolute Gasteiger partial charge is 0.277 e. The van der Waals surface area contributed by atoms with Gasteiger partial charge < -0.3 is 16.0 Å². The van der Waals surface area contributed by atoms with Crippen LogP contribution in [0.5, 0.6) is 0 Å². The van der Waals surface area contributed by atoms with Gasteiger partial charge in [-0.25, -0.2) is 9.37 Å². The number of aromatic nitrogens is 2. The molecule has 1 aromatic heterocycles. The van der Waals surface area contributed by atoms with E-state index in [0.717, 1.165) is 11.1 Å². The summed E-state index contributed by atoms with van der Waals surface area (Å²) in [6, 6.07) is 15.4. The Labute approximate surface area is 255 Å². The number of amides is 2. The van der Waals surface area contributed by atoms with Crippen LogP contribution in [0, 0.1) is 12.7 Å². The minimum Gasteiger partial charge on any atom is -0.355 e. The third-order valence-electron chi connectivity index (χ3n) is 7.49. The van der Waals surface area contributed by atoms with E-state index in [1.807, 2.05) is 26.8 Å². The van der Waals surface area contributed by atoms with Gasteiger partial charge in [-0.1, -0.05) is 26.0 Å². The van der Waals surface area contributed by atoms with Crippen molar-refractivity contribution in [3.63, 3.8) is 0 Å². The van der Waals surface area contributed by atoms with E-state index in [2.05, 4.69) is 20.9 Å². The zero-order valence-corrected chi connectivity index (χ0v) is 25.6. The molecule has 0 bridgehead atoms. The predicted molar refractivity (Wildman–Crippen MR) is 169 cm³/mol. The summed E-state index contributed by atoms with van der Waals surface area (Å²) < 4.78 is 15.0. The van der Waals surface area contributed by atoms with Crippen LogP contribution in [0.3, 0.4) is 0 Å². The lowest BCUT2D eigenvalue weighted by atomic mass is 9.94. The molecule has 0 spiro atoms. The third-order valence-corrected chi connectivity index (χ3v) is 7.49. The van der Waals surface area contributed by atoms with E-state index in [4.69, 9.17) is 0 Å². The number of aryl methyl sites for hydroxylation is 1. The number of carbonyl (C=O) groups excluding carboxylic acids is 3. The maximum absolute atomic E-state index is 14.0. The van der Waals surface area contributed by atoms with Gasteiger partial charge in [-0.15, -0.1) is 0 Å². The normalized spacial score (nSPS) is 11.7. The molecule has 0 fully saturated rings. The first-order chi connectivity index (χ1) is 20.9. The molecule has 0 aliphatic rings. The molecule has 1 heterocycles. The molecule has 10 heteroatoms. The monoisotopic (exact) mass is 597 g/mol. The fourth-order valence-corrected chi connectivity index (χ4v) is 4.68. The second-order valence-electron chi connectivity index (χ2n) is 10.9. The van der Waals surface area contributed by atoms with Gasteiger partial charge in [0.15, 0.2) is 5.78 Å². The molecule has 1 unspecified atom stereocenters. The van der Waals surface area contributed by atoms with Crippen molar-refractivity contribution in [3.8, 4) is 11.4 Å². The fourth-order valence-electron chi connectivity index (χ4n) is 4.68. The van der Waals surface area contributed by atoms with Gasteiger partial charge in [-0.05, 0) is 92.0 Å². The minimum absolute atomic E-state index is 0.0106. The number of anilines is 1. The van der Waals surface area contributed by atoms with Crippen LogP contribution in [0.25, 0.3) is 11.4 Å². The van der Waals surface area contributed by atoms with Crippen molar-refractivity contribution < 1.29 is 18.8 Å². The summed E-state index contributed by atoms with van der Waals surface area (Å²) in [5, 5.41) is 8.11. The first-order valence-electron chi connectivity index (χ1n) is 14.3. The highest BCUT2D eigenvalue weighted by Crippen LogP contribution is 2.26. The van der Waals surface area contributed by atoms with Crippen molar-refractivity contribution in [2.45, 2.75) is 46.2 Å². The average Bonchev–Trinajstić information content (AvgIpc) is 3.02. The molecule has 3 aromatic carbocycles. The Kier molecular flexibility index (Phi) is 9.85. The average molecular weight is 598 g/mol. The maximum Gasteiger partial charge on any atom is 0.277 e. The highest BCUT2D eigenvalue weighted by molar-refractivity contribution is 6.09. The van der Waals surface area contributed by atoms with Crippen molar-refractivity contribution in [1.29, 1.82) is 0 Å². The molecule has 1 atom stereocenters. The van der Waals surface area contributed by atoms with Gasteiger partial charge in [-0.2, -0.15) is 0 Å². The van der Waals surface area contributed by atoms with Crippen LogP contribution >= 0.6 is 0 Å². The summed E-state index contributed by atoms with van der Waals surface area (Å²) in [6.45, 7) is 7.53. The quantitative estimate of drug-likeness (QED) is 0.229. The molecular formula is C34H36FN5O4. The number of benzene rings is 3. The van der Waals surface area contributed by atoms with Crippen LogP contribution in [-0.2, 0) is 11.3 Å². The van der Waals surface area contributed by atoms with Crippen LogP contribution in [0.2, 0.25) is 0 Å². The number of halogens is 1. The lowest BCUT2D eigenvalue weighted by Gasteiger charge is -2.18. The van der Waals surface area contributed by atoms with Crippen LogP contribution in [0.1, 0.15) is 69.7 Å². The number of nitrogens with one attached hydrogen (secondary N) is 3. The number of hydrogen-bond donors (Lipinski definition) is 3. The molecule has 44 heavy (non-hydrogen) atoms. The van der Waals surface area contributed by atoms with E-state index in [1.54, 1.807) is 44.3 Å². The summed E-state index contributed by atoms with van der Waals surface area (Å²) >= 11 is 0. The molecule has 228 valence electrons. The molecule has 0 radical (unpaired) electrons. The largest absolute Gasteiger partial charge is 0.355 e. The van der Waals surface area contributed by atoms with E-state index in [-0.39, 0.29) is 29.8 Å². The Bertz CT molecular complexity index is 1780. The Hall–Kier alpha value is -4.96. The lowest BCUT2D eigenvalue weighted by Crippen LogP contribution is -2.38. The van der Waals surface area contributed by atoms with Crippen LogP contribution in [0.15, 0.2) is 71.7 Å². The first kappa shape index (κ1) is 32.0. The molecule has 0 saturated carbocycles. The Morgan fingerprint density at radius 3 is 2.23 bits per heavy atom. The zero-order chi connectivity index (χ0) is 32.1. The van der Waals surface area contributed by atoms with Gasteiger partial charge in [-0.3, -0.25) is 23.7 Å². The SMILES string of the molecule is CNC(=O)c1ccc(C)c(-c2ncc(NC(=O)C(C)NC)c(=O)n2Cc2cc(C(=O)c3ccc(F)cc3)cc(C(C)C)c2)c1. The van der Waals surface area contributed by atoms with E-state index >= 15 is 0 Å². The molecule has 0 saturated heterocycles. The van der Waals surface area contributed by atoms with Crippen molar-refractivity contribution in [1.82, 2.24) is 20.2 Å². The van der Waals surface area contributed by atoms with Gasteiger partial charge in [0.2, 0.25) is 5.91 Å². The molecule has 0 aliphatic heterocycles. The Morgan fingerprint density at radius 2 is 1.59 bits per heavy atom. The highest BCUT2D eigenvalue weighted by atomic mass is 19.1. The lowest BCUT2D eigenvalue weighted by molar-refractivity contribution is -0.117. The molecule has 9 nitrogen and oxygen atoms in total. The van der Waals surface area contributed by atoms with Crippen LogP contribution in [0.4, 0.5) is 10.1 Å². The zero-order valence-electron chi connectivity index (χ0n) is 25.6. The maximum atomic E-state index is 14.0. The van der Waals surface area contributed by atoms with Gasteiger partial charge >= 0.3 is 0 Å². The van der Waals surface area contributed by atoms with Gasteiger partial charge in [0.05, 0.1) is 18.8 Å². The number of nitrogens with zero attached hydrogens (tertiary/aromatic N) is 2. The van der Waals surface area contributed by atoms with Crippen LogP contribution < -0.4 is 21.5 Å². The Balaban J connectivity index is 1.89. The summed E-state index contributed by atoms with van der Waals surface area (Å²) in [5.74, 6) is -1.07. The second-order valence-corrected chi connectivity index (χ2v) is 10.9. The van der Waals surface area contributed by atoms with Crippen molar-refractivity contribution in [2.75, 3.05) is 19.4 Å². The summed E-state index contributed by atoms with van der Waals surface area (Å²) in [5.41, 5.74) is 3.48. The van der Waals surface area contributed by atoms with Crippen molar-refractivity contribution >= 4 is 23.3 Å². The topological polar surface area (TPSA) is 122 Å². The van der Waals surface area contributed by atoms with Crippen LogP contribution in [-0.4, -0.2) is 47.3 Å². The standard InChI is InChI=1S/C34H36FN5O4/c1-19(2)25-13-22(14-26(15-25)30(41)23-9-11-27(35)12-10-23)18-40-31(28-16-24(33(43)37-6)8-7-20(28)3)38-17-29(34(40)44)39-32(42)21(4)36-5/h7-17,19,21,36H,18H2,1-6H3,(H,37,43)(H,39,42). The number of rotatable bonds is 10. The van der Waals surface area contributed by atoms with Gasteiger partial charge in [0, 0.05) is 29.3 Å². The van der Waals surface area contributed by atoms with E-state index in [9.17, 15) is 23.6 Å². The molecule has 0 aliphatic carbocycles. The number of hydrogen-bond acceptors (Lipinski definition) is 6. The number of likely N-dealkylation sites (N-methyl/N-ethyl adjacent to an activating group) is 1. The summed E-state index contributed by atoms with van der Waals surface area (Å²) in [7, 11) is 3.17. The fraction of sp³-hybridized carbons (Fsp3) is 0.265. The van der Waals surface area contributed by atoms with E-state index < -0.39 is 23.3 Å². The molecule has 3 N–H and O–H groups in total. The molecular weight excluding hydrogens is 561 g/mol. The number of carbonyl (C=O) groups is 3. The molecule has 4 rings (SSSR count). The molecule has 2 amide bonds. The summed E-state index contributed by atoms with van der Waals surface area (Å²) in [6.07, 6.45) is 1.31. The second kappa shape index (κ2) is 13.6. The Morgan fingerprint density at radius 1 is 0.909 bits per heavy atom. The molecule has 4 aromatic rings. The third kappa shape index (κ3) is 6.98. The van der Waals surface area contributed by atoms with Gasteiger partial charge in [0.1, 0.15) is 17.3 Å². The van der Waals surface area contributed by atoms with Gasteiger partial charge in [0.25, 0.3) is 11.5 Å². The van der Waals surface area contributed by atoms with Crippen molar-refractivity contribution in [2.24, 2.45) is 0 Å². The minimum atomic E-state index is -0.559. The predicted octanol–water partition coefficient (Wildman–Crippen LogP) is 4.67.